The molecule has 1 unspecified atom stereocenters. The average Bonchev–Trinajstić information content (AvgIpc) is 1.79. The molecular formula is C6H6Br2ClN. The van der Waals surface area contributed by atoms with Crippen LogP contribution < -0.4 is 5.73 Å². The number of allylic oxidation sites excluding steroid dienone is 3. The summed E-state index contributed by atoms with van der Waals surface area (Å²) in [6, 6.07) is 0. The molecule has 10 heavy (non-hydrogen) atoms. The molecule has 1 aliphatic rings. The molecule has 0 radical (unpaired) electrons. The Hall–Kier alpha value is 0.530. The molecule has 0 saturated carbocycles. The van der Waals surface area contributed by atoms with Gasteiger partial charge in [0.2, 0.25) is 0 Å². The Morgan fingerprint density at radius 2 is 2.30 bits per heavy atom. The zero-order valence-electron chi connectivity index (χ0n) is 5.07. The fourth-order valence-electron chi connectivity index (χ4n) is 0.670. The molecule has 0 amide bonds. The summed E-state index contributed by atoms with van der Waals surface area (Å²) in [6.45, 7) is 0. The third-order valence-electron chi connectivity index (χ3n) is 1.21. The van der Waals surface area contributed by atoms with Gasteiger partial charge in [-0.05, 0) is 6.08 Å². The summed E-state index contributed by atoms with van der Waals surface area (Å²) in [6.07, 6.45) is 4.31. The number of hydrogen-bond acceptors (Lipinski definition) is 1. The van der Waals surface area contributed by atoms with Crippen LogP contribution in [0.3, 0.4) is 0 Å². The van der Waals surface area contributed by atoms with Crippen LogP contribution in [0.15, 0.2) is 22.3 Å². The van der Waals surface area contributed by atoms with Gasteiger partial charge in [0, 0.05) is 16.6 Å². The molecule has 0 spiro atoms. The minimum Gasteiger partial charge on any atom is -0.398 e. The zero-order chi connectivity index (χ0) is 7.78. The molecule has 1 rings (SSSR count). The smallest absolute Gasteiger partial charge is 0.122 e. The standard InChI is InChI=1S/C6H6Br2ClN/c7-4-3-6(8,9)2-1-5(4)10/h1-2H,3,10H2. The lowest BCUT2D eigenvalue weighted by molar-refractivity contribution is 0.962. The van der Waals surface area contributed by atoms with E-state index in [4.69, 9.17) is 17.3 Å². The maximum Gasteiger partial charge on any atom is 0.122 e. The van der Waals surface area contributed by atoms with Crippen LogP contribution in [0.25, 0.3) is 0 Å². The second-order valence-electron chi connectivity index (χ2n) is 2.13. The van der Waals surface area contributed by atoms with E-state index in [1.54, 1.807) is 6.08 Å². The second-order valence-corrected chi connectivity index (χ2v) is 5.63. The van der Waals surface area contributed by atoms with Gasteiger partial charge in [0.25, 0.3) is 0 Å². The molecule has 0 aliphatic heterocycles. The highest BCUT2D eigenvalue weighted by Crippen LogP contribution is 2.38. The Morgan fingerprint density at radius 3 is 2.70 bits per heavy atom. The van der Waals surface area contributed by atoms with Gasteiger partial charge in [-0.3, -0.25) is 0 Å². The van der Waals surface area contributed by atoms with E-state index in [-0.39, 0.29) is 0 Å². The van der Waals surface area contributed by atoms with Crippen molar-refractivity contribution in [2.75, 3.05) is 0 Å². The van der Waals surface area contributed by atoms with Crippen molar-refractivity contribution in [3.63, 3.8) is 0 Å². The molecule has 56 valence electrons. The van der Waals surface area contributed by atoms with E-state index >= 15 is 0 Å². The molecule has 0 saturated heterocycles. The fourth-order valence-corrected chi connectivity index (χ4v) is 2.39. The van der Waals surface area contributed by atoms with Crippen LogP contribution in [0.4, 0.5) is 0 Å². The highest BCUT2D eigenvalue weighted by atomic mass is 79.9. The van der Waals surface area contributed by atoms with E-state index in [1.807, 2.05) is 6.08 Å². The second kappa shape index (κ2) is 2.88. The van der Waals surface area contributed by atoms with Crippen LogP contribution >= 0.6 is 43.5 Å². The van der Waals surface area contributed by atoms with E-state index in [0.29, 0.717) is 6.42 Å². The van der Waals surface area contributed by atoms with Gasteiger partial charge in [-0.25, -0.2) is 0 Å². The molecule has 0 aromatic heterocycles. The maximum absolute atomic E-state index is 5.94. The lowest BCUT2D eigenvalue weighted by Gasteiger charge is -2.19. The summed E-state index contributed by atoms with van der Waals surface area (Å²) < 4.78 is 0.496. The van der Waals surface area contributed by atoms with Gasteiger partial charge in [-0.1, -0.05) is 37.9 Å². The van der Waals surface area contributed by atoms with Crippen LogP contribution in [-0.2, 0) is 0 Å². The highest BCUT2D eigenvalue weighted by molar-refractivity contribution is 9.12. The molecule has 0 fully saturated rings. The van der Waals surface area contributed by atoms with Gasteiger partial charge in [0.05, 0.1) is 0 Å². The van der Waals surface area contributed by atoms with Crippen LogP contribution in [0.1, 0.15) is 6.42 Å². The van der Waals surface area contributed by atoms with Crippen molar-refractivity contribution in [1.82, 2.24) is 0 Å². The van der Waals surface area contributed by atoms with Gasteiger partial charge in [0.15, 0.2) is 0 Å². The third kappa shape index (κ3) is 2.01. The van der Waals surface area contributed by atoms with Crippen molar-refractivity contribution in [2.45, 2.75) is 10.2 Å². The Bertz CT molecular complexity index is 208. The summed E-state index contributed by atoms with van der Waals surface area (Å²) in [7, 11) is 0. The lowest BCUT2D eigenvalue weighted by atomic mass is 10.1. The number of alkyl halides is 2. The molecule has 1 nitrogen and oxygen atoms in total. The quantitative estimate of drug-likeness (QED) is 0.681. The fraction of sp³-hybridized carbons (Fsp3) is 0.333. The normalized spacial score (nSPS) is 33.1. The van der Waals surface area contributed by atoms with Crippen molar-refractivity contribution in [3.05, 3.63) is 22.3 Å². The highest BCUT2D eigenvalue weighted by Gasteiger charge is 2.24. The molecule has 2 N–H and O–H groups in total. The molecule has 0 aromatic rings. The van der Waals surface area contributed by atoms with E-state index in [9.17, 15) is 0 Å². The molecule has 0 bridgehead atoms. The van der Waals surface area contributed by atoms with Crippen molar-refractivity contribution in [2.24, 2.45) is 5.73 Å². The van der Waals surface area contributed by atoms with E-state index in [0.717, 1.165) is 10.2 Å². The topological polar surface area (TPSA) is 26.0 Å². The van der Waals surface area contributed by atoms with Crippen LogP contribution in [0, 0.1) is 0 Å². The molecule has 4 heteroatoms. The Morgan fingerprint density at radius 1 is 1.70 bits per heavy atom. The first-order valence-corrected chi connectivity index (χ1v) is 4.69. The first-order chi connectivity index (χ1) is 4.51. The van der Waals surface area contributed by atoms with E-state index in [1.165, 1.54) is 0 Å². The SMILES string of the molecule is NC1=C(Br)CC(Cl)(Br)C=C1. The Labute approximate surface area is 81.6 Å². The zero-order valence-corrected chi connectivity index (χ0v) is 9.00. The summed E-state index contributed by atoms with van der Waals surface area (Å²) in [4.78, 5) is 0. The average molecular weight is 287 g/mol. The molecule has 0 heterocycles. The predicted molar refractivity (Wildman–Crippen MR) is 51.4 cm³/mol. The molecular weight excluding hydrogens is 281 g/mol. The largest absolute Gasteiger partial charge is 0.398 e. The minimum atomic E-state index is -0.450. The van der Waals surface area contributed by atoms with Gasteiger partial charge in [-0.15, -0.1) is 11.6 Å². The summed E-state index contributed by atoms with van der Waals surface area (Å²) >= 11 is 12.6. The van der Waals surface area contributed by atoms with Gasteiger partial charge in [0.1, 0.15) is 3.78 Å². The van der Waals surface area contributed by atoms with Crippen molar-refractivity contribution >= 4 is 43.5 Å². The van der Waals surface area contributed by atoms with Crippen LogP contribution in [0.5, 0.6) is 0 Å². The number of hydrogen-bond donors (Lipinski definition) is 1. The lowest BCUT2D eigenvalue weighted by Crippen LogP contribution is -2.14. The van der Waals surface area contributed by atoms with E-state index < -0.39 is 3.78 Å². The first kappa shape index (κ1) is 8.62. The van der Waals surface area contributed by atoms with E-state index in [2.05, 4.69) is 31.9 Å². The predicted octanol–water partition coefficient (Wildman–Crippen LogP) is 2.84. The summed E-state index contributed by atoms with van der Waals surface area (Å²) in [5.41, 5.74) is 6.31. The third-order valence-corrected chi connectivity index (χ3v) is 2.75. The van der Waals surface area contributed by atoms with Crippen molar-refractivity contribution in [3.8, 4) is 0 Å². The maximum atomic E-state index is 5.94. The molecule has 1 aliphatic carbocycles. The number of nitrogens with two attached hydrogens (primary N) is 1. The minimum absolute atomic E-state index is 0.450. The first-order valence-electron chi connectivity index (χ1n) is 2.72. The molecule has 1 atom stereocenters. The Balaban J connectivity index is 2.85. The van der Waals surface area contributed by atoms with Crippen LogP contribution in [0.2, 0.25) is 0 Å². The molecule has 0 aromatic carbocycles. The summed E-state index contributed by atoms with van der Waals surface area (Å²) in [5, 5.41) is 0. The summed E-state index contributed by atoms with van der Waals surface area (Å²) in [5.74, 6) is 0. The van der Waals surface area contributed by atoms with Crippen LogP contribution in [-0.4, -0.2) is 3.78 Å². The monoisotopic (exact) mass is 285 g/mol. The van der Waals surface area contributed by atoms with Crippen molar-refractivity contribution < 1.29 is 0 Å². The number of rotatable bonds is 0. The number of halogens is 3. The van der Waals surface area contributed by atoms with Gasteiger partial charge in [-0.2, -0.15) is 0 Å². The van der Waals surface area contributed by atoms with Gasteiger partial charge < -0.3 is 5.73 Å². The Kier molecular flexibility index (Phi) is 2.48. The van der Waals surface area contributed by atoms with Crippen molar-refractivity contribution in [1.29, 1.82) is 0 Å². The van der Waals surface area contributed by atoms with Gasteiger partial charge >= 0.3 is 0 Å².